The summed E-state index contributed by atoms with van der Waals surface area (Å²) < 4.78 is 0. The van der Waals surface area contributed by atoms with E-state index in [2.05, 4.69) is 15.1 Å². The van der Waals surface area contributed by atoms with Crippen LogP contribution in [0.1, 0.15) is 19.0 Å². The van der Waals surface area contributed by atoms with Gasteiger partial charge in [-0.25, -0.2) is 0 Å². The Hall–Kier alpha value is -2.17. The van der Waals surface area contributed by atoms with Gasteiger partial charge in [-0.1, -0.05) is 24.3 Å². The summed E-state index contributed by atoms with van der Waals surface area (Å²) in [6, 6.07) is 7.94. The average Bonchev–Trinajstić information content (AvgIpc) is 2.82. The SMILES string of the molecule is Cc1nnc(N2CCC(C(=O)O)C2C)c2ccccc12. The molecule has 1 saturated heterocycles. The average molecular weight is 271 g/mol. The second kappa shape index (κ2) is 4.74. The van der Waals surface area contributed by atoms with Crippen LogP contribution in [0.3, 0.4) is 0 Å². The van der Waals surface area contributed by atoms with Crippen molar-refractivity contribution in [3.8, 4) is 0 Å². The van der Waals surface area contributed by atoms with Crippen molar-refractivity contribution in [2.75, 3.05) is 11.4 Å². The van der Waals surface area contributed by atoms with E-state index in [1.54, 1.807) is 0 Å². The minimum atomic E-state index is -0.732. The van der Waals surface area contributed by atoms with Gasteiger partial charge in [0.25, 0.3) is 0 Å². The molecule has 1 aliphatic rings. The highest BCUT2D eigenvalue weighted by Gasteiger charge is 2.37. The molecule has 1 N–H and O–H groups in total. The maximum Gasteiger partial charge on any atom is 0.308 e. The molecule has 5 heteroatoms. The molecule has 104 valence electrons. The van der Waals surface area contributed by atoms with Crippen LogP contribution in [-0.4, -0.2) is 33.9 Å². The third-order valence-electron chi connectivity index (χ3n) is 4.20. The Kier molecular flexibility index (Phi) is 3.04. The summed E-state index contributed by atoms with van der Waals surface area (Å²) >= 11 is 0. The van der Waals surface area contributed by atoms with E-state index in [-0.39, 0.29) is 12.0 Å². The van der Waals surface area contributed by atoms with Gasteiger partial charge in [0.2, 0.25) is 0 Å². The predicted octanol–water partition coefficient (Wildman–Crippen LogP) is 2.24. The molecule has 1 aromatic heterocycles. The van der Waals surface area contributed by atoms with Gasteiger partial charge >= 0.3 is 5.97 Å². The van der Waals surface area contributed by atoms with E-state index in [0.29, 0.717) is 13.0 Å². The number of hydrogen-bond donors (Lipinski definition) is 1. The highest BCUT2D eigenvalue weighted by Crippen LogP contribution is 2.33. The van der Waals surface area contributed by atoms with Crippen LogP contribution in [0.25, 0.3) is 10.8 Å². The number of fused-ring (bicyclic) bond motifs is 1. The largest absolute Gasteiger partial charge is 0.481 e. The number of aromatic nitrogens is 2. The van der Waals surface area contributed by atoms with Crippen molar-refractivity contribution in [2.45, 2.75) is 26.3 Å². The Morgan fingerprint density at radius 1 is 1.30 bits per heavy atom. The molecule has 3 rings (SSSR count). The zero-order valence-corrected chi connectivity index (χ0v) is 11.6. The fraction of sp³-hybridized carbons (Fsp3) is 0.400. The number of anilines is 1. The highest BCUT2D eigenvalue weighted by molar-refractivity contribution is 5.93. The van der Waals surface area contributed by atoms with Crippen molar-refractivity contribution >= 4 is 22.6 Å². The van der Waals surface area contributed by atoms with Gasteiger partial charge < -0.3 is 10.0 Å². The van der Waals surface area contributed by atoms with Crippen LogP contribution in [0.5, 0.6) is 0 Å². The lowest BCUT2D eigenvalue weighted by Crippen LogP contribution is -2.33. The van der Waals surface area contributed by atoms with Gasteiger partial charge in [0.1, 0.15) is 0 Å². The van der Waals surface area contributed by atoms with Crippen molar-refractivity contribution in [1.82, 2.24) is 10.2 Å². The Morgan fingerprint density at radius 3 is 2.65 bits per heavy atom. The van der Waals surface area contributed by atoms with Crippen LogP contribution in [-0.2, 0) is 4.79 Å². The summed E-state index contributed by atoms with van der Waals surface area (Å²) in [4.78, 5) is 13.3. The molecule has 0 amide bonds. The number of carboxylic acid groups (broad SMARTS) is 1. The molecule has 2 unspecified atom stereocenters. The molecule has 2 atom stereocenters. The van der Waals surface area contributed by atoms with Gasteiger partial charge in [-0.2, -0.15) is 5.10 Å². The normalized spacial score (nSPS) is 22.4. The smallest absolute Gasteiger partial charge is 0.308 e. The predicted molar refractivity (Wildman–Crippen MR) is 76.8 cm³/mol. The number of aliphatic carboxylic acids is 1. The lowest BCUT2D eigenvalue weighted by Gasteiger charge is -2.25. The van der Waals surface area contributed by atoms with Gasteiger partial charge in [-0.15, -0.1) is 5.10 Å². The van der Waals surface area contributed by atoms with Gasteiger partial charge in [0.15, 0.2) is 5.82 Å². The van der Waals surface area contributed by atoms with Gasteiger partial charge in [-0.05, 0) is 20.3 Å². The van der Waals surface area contributed by atoms with Crippen LogP contribution >= 0.6 is 0 Å². The molecule has 2 heterocycles. The maximum absolute atomic E-state index is 11.2. The molecule has 0 saturated carbocycles. The summed E-state index contributed by atoms with van der Waals surface area (Å²) in [5.74, 6) is -0.274. The maximum atomic E-state index is 11.2. The van der Waals surface area contributed by atoms with Crippen molar-refractivity contribution in [2.24, 2.45) is 5.92 Å². The van der Waals surface area contributed by atoms with E-state index in [1.807, 2.05) is 38.1 Å². The van der Waals surface area contributed by atoms with E-state index in [9.17, 15) is 9.90 Å². The van der Waals surface area contributed by atoms with E-state index in [1.165, 1.54) is 0 Å². The Labute approximate surface area is 117 Å². The lowest BCUT2D eigenvalue weighted by molar-refractivity contribution is -0.141. The van der Waals surface area contributed by atoms with Crippen molar-refractivity contribution < 1.29 is 9.90 Å². The second-order valence-electron chi connectivity index (χ2n) is 5.32. The van der Waals surface area contributed by atoms with Crippen LogP contribution < -0.4 is 4.90 Å². The first-order valence-electron chi connectivity index (χ1n) is 6.81. The first kappa shape index (κ1) is 12.8. The number of nitrogens with zero attached hydrogens (tertiary/aromatic N) is 3. The van der Waals surface area contributed by atoms with Gasteiger partial charge in [0, 0.05) is 23.4 Å². The number of aryl methyl sites for hydroxylation is 1. The number of rotatable bonds is 2. The molecule has 0 spiro atoms. The third-order valence-corrected chi connectivity index (χ3v) is 4.20. The minimum absolute atomic E-state index is 0.0621. The van der Waals surface area contributed by atoms with E-state index in [4.69, 9.17) is 0 Å². The van der Waals surface area contributed by atoms with Gasteiger partial charge in [-0.3, -0.25) is 4.79 Å². The Morgan fingerprint density at radius 2 is 2.00 bits per heavy atom. The first-order valence-corrected chi connectivity index (χ1v) is 6.81. The van der Waals surface area contributed by atoms with Gasteiger partial charge in [0.05, 0.1) is 11.6 Å². The minimum Gasteiger partial charge on any atom is -0.481 e. The monoisotopic (exact) mass is 271 g/mol. The number of carboxylic acids is 1. The number of benzene rings is 1. The second-order valence-corrected chi connectivity index (χ2v) is 5.32. The molecule has 2 aromatic rings. The van der Waals surface area contributed by atoms with Crippen molar-refractivity contribution in [3.63, 3.8) is 0 Å². The zero-order valence-electron chi connectivity index (χ0n) is 11.6. The van der Waals surface area contributed by atoms with Crippen LogP contribution in [0.15, 0.2) is 24.3 Å². The Balaban J connectivity index is 2.08. The third kappa shape index (κ3) is 1.90. The fourth-order valence-electron chi connectivity index (χ4n) is 3.00. The summed E-state index contributed by atoms with van der Waals surface area (Å²) in [5.41, 5.74) is 0.894. The fourth-order valence-corrected chi connectivity index (χ4v) is 3.00. The summed E-state index contributed by atoms with van der Waals surface area (Å²) in [7, 11) is 0. The molecule has 1 aliphatic heterocycles. The molecule has 20 heavy (non-hydrogen) atoms. The molecule has 1 fully saturated rings. The van der Waals surface area contributed by atoms with E-state index < -0.39 is 5.97 Å². The van der Waals surface area contributed by atoms with Crippen LogP contribution in [0.4, 0.5) is 5.82 Å². The molecule has 5 nitrogen and oxygen atoms in total. The lowest BCUT2D eigenvalue weighted by atomic mass is 10.0. The van der Waals surface area contributed by atoms with Crippen LogP contribution in [0, 0.1) is 12.8 Å². The van der Waals surface area contributed by atoms with Crippen molar-refractivity contribution in [1.29, 1.82) is 0 Å². The topological polar surface area (TPSA) is 66.3 Å². The molecule has 1 aromatic carbocycles. The summed E-state index contributed by atoms with van der Waals surface area (Å²) in [5, 5.41) is 19.9. The van der Waals surface area contributed by atoms with Crippen LogP contribution in [0.2, 0.25) is 0 Å². The summed E-state index contributed by atoms with van der Waals surface area (Å²) in [6.45, 7) is 4.59. The number of carbonyl (C=O) groups is 1. The standard InChI is InChI=1S/C15H17N3O2/c1-9-11-5-3-4-6-13(11)14(17-16-9)18-8-7-12(10(18)2)15(19)20/h3-6,10,12H,7-8H2,1-2H3,(H,19,20). The Bertz CT molecular complexity index is 671. The van der Waals surface area contributed by atoms with E-state index >= 15 is 0 Å². The quantitative estimate of drug-likeness (QED) is 0.907. The van der Waals surface area contributed by atoms with E-state index in [0.717, 1.165) is 22.3 Å². The molecular formula is C15H17N3O2. The molecule has 0 radical (unpaired) electrons. The molecule has 0 bridgehead atoms. The number of hydrogen-bond acceptors (Lipinski definition) is 4. The van der Waals surface area contributed by atoms with Crippen molar-refractivity contribution in [3.05, 3.63) is 30.0 Å². The zero-order chi connectivity index (χ0) is 14.3. The first-order chi connectivity index (χ1) is 9.59. The molecule has 0 aliphatic carbocycles. The molecular weight excluding hydrogens is 254 g/mol. The summed E-state index contributed by atoms with van der Waals surface area (Å²) in [6.07, 6.45) is 0.653. The highest BCUT2D eigenvalue weighted by atomic mass is 16.4.